The molecule has 1 atom stereocenters. The third kappa shape index (κ3) is 4.21. The highest BCUT2D eigenvalue weighted by molar-refractivity contribution is 5.23. The Bertz CT molecular complexity index is 383. The molecule has 1 unspecified atom stereocenters. The molecule has 0 aliphatic carbocycles. The minimum atomic E-state index is -1.44. The lowest BCUT2D eigenvalue weighted by Crippen LogP contribution is -2.32. The summed E-state index contributed by atoms with van der Waals surface area (Å²) >= 11 is 0. The number of benzene rings is 1. The first-order valence-corrected chi connectivity index (χ1v) is 6.61. The Hall–Kier alpha value is -1.07. The summed E-state index contributed by atoms with van der Waals surface area (Å²) in [5.41, 5.74) is 5.95. The van der Waals surface area contributed by atoms with Crippen LogP contribution in [0.5, 0.6) is 0 Å². The van der Waals surface area contributed by atoms with Crippen LogP contribution in [0.15, 0.2) is 12.1 Å². The van der Waals surface area contributed by atoms with E-state index in [1.54, 1.807) is 0 Å². The average molecular weight is 274 g/mol. The van der Waals surface area contributed by atoms with Crippen molar-refractivity contribution in [1.82, 2.24) is 5.32 Å². The van der Waals surface area contributed by atoms with E-state index < -0.39 is 17.5 Å². The third-order valence-corrected chi connectivity index (χ3v) is 3.45. The second-order valence-electron chi connectivity index (χ2n) is 4.68. The zero-order chi connectivity index (χ0) is 14.4. The van der Waals surface area contributed by atoms with Gasteiger partial charge in [-0.1, -0.05) is 26.7 Å². The van der Waals surface area contributed by atoms with E-state index in [0.29, 0.717) is 11.5 Å². The quantitative estimate of drug-likeness (QED) is 0.750. The summed E-state index contributed by atoms with van der Waals surface area (Å²) in [7, 11) is 0. The Kier molecular flexibility index (Phi) is 6.31. The molecule has 108 valence electrons. The molecule has 0 saturated carbocycles. The lowest BCUT2D eigenvalue weighted by Gasteiger charge is -2.21. The fraction of sp³-hybridized carbons (Fsp3) is 0.571. The summed E-state index contributed by atoms with van der Waals surface area (Å²) in [4.78, 5) is 0. The topological polar surface area (TPSA) is 38.0 Å². The minimum Gasteiger partial charge on any atom is -0.329 e. The van der Waals surface area contributed by atoms with Gasteiger partial charge in [0.25, 0.3) is 0 Å². The summed E-state index contributed by atoms with van der Waals surface area (Å²) in [6.07, 6.45) is 2.04. The molecule has 0 aliphatic rings. The molecule has 2 nitrogen and oxygen atoms in total. The number of nitrogens with one attached hydrogen (secondary N) is 1. The van der Waals surface area contributed by atoms with Gasteiger partial charge in [0.15, 0.2) is 17.5 Å². The van der Waals surface area contributed by atoms with Gasteiger partial charge in [-0.3, -0.25) is 0 Å². The van der Waals surface area contributed by atoms with E-state index >= 15 is 0 Å². The highest BCUT2D eigenvalue weighted by Crippen LogP contribution is 2.19. The van der Waals surface area contributed by atoms with Crippen molar-refractivity contribution in [3.05, 3.63) is 35.1 Å². The smallest absolute Gasteiger partial charge is 0.194 e. The van der Waals surface area contributed by atoms with E-state index in [1.807, 2.05) is 0 Å². The largest absolute Gasteiger partial charge is 0.329 e. The zero-order valence-corrected chi connectivity index (χ0v) is 11.3. The standard InChI is InChI=1S/C14H21F3N2/c1-3-9(4-2)8-19-13(7-18)10-5-11(15)14(17)12(16)6-10/h5-6,9,13,19H,3-4,7-8,18H2,1-2H3. The molecule has 19 heavy (non-hydrogen) atoms. The predicted octanol–water partition coefficient (Wildman–Crippen LogP) is 3.13. The molecule has 0 aromatic heterocycles. The van der Waals surface area contributed by atoms with Crippen LogP contribution in [0.1, 0.15) is 38.3 Å². The predicted molar refractivity (Wildman–Crippen MR) is 70.2 cm³/mol. The molecule has 0 aliphatic heterocycles. The van der Waals surface area contributed by atoms with E-state index in [0.717, 1.165) is 31.5 Å². The van der Waals surface area contributed by atoms with Crippen LogP contribution in [0.4, 0.5) is 13.2 Å². The number of rotatable bonds is 7. The van der Waals surface area contributed by atoms with Gasteiger partial charge in [0.05, 0.1) is 0 Å². The van der Waals surface area contributed by atoms with E-state index in [2.05, 4.69) is 19.2 Å². The molecule has 1 rings (SSSR count). The van der Waals surface area contributed by atoms with Crippen LogP contribution in [0.3, 0.4) is 0 Å². The Morgan fingerprint density at radius 2 is 1.63 bits per heavy atom. The van der Waals surface area contributed by atoms with Crippen molar-refractivity contribution in [2.45, 2.75) is 32.7 Å². The first kappa shape index (κ1) is 16.0. The Morgan fingerprint density at radius 3 is 2.05 bits per heavy atom. The molecule has 0 bridgehead atoms. The van der Waals surface area contributed by atoms with Crippen molar-refractivity contribution in [2.24, 2.45) is 11.7 Å². The molecular formula is C14H21F3N2. The number of nitrogens with two attached hydrogens (primary N) is 1. The lowest BCUT2D eigenvalue weighted by atomic mass is 10.0. The van der Waals surface area contributed by atoms with E-state index in [9.17, 15) is 13.2 Å². The summed E-state index contributed by atoms with van der Waals surface area (Å²) in [5, 5.41) is 3.18. The first-order chi connectivity index (χ1) is 9.03. The maximum Gasteiger partial charge on any atom is 0.194 e. The Morgan fingerprint density at radius 1 is 1.11 bits per heavy atom. The fourth-order valence-electron chi connectivity index (χ4n) is 2.00. The van der Waals surface area contributed by atoms with E-state index in [4.69, 9.17) is 5.73 Å². The molecule has 0 fully saturated rings. The fourth-order valence-corrected chi connectivity index (χ4v) is 2.00. The summed E-state index contributed by atoms with van der Waals surface area (Å²) in [5.74, 6) is -3.32. The summed E-state index contributed by atoms with van der Waals surface area (Å²) < 4.78 is 39.3. The molecule has 1 aromatic rings. The minimum absolute atomic E-state index is 0.199. The van der Waals surface area contributed by atoms with Gasteiger partial charge in [-0.05, 0) is 30.2 Å². The van der Waals surface area contributed by atoms with Crippen LogP contribution in [0.25, 0.3) is 0 Å². The molecule has 0 radical (unpaired) electrons. The van der Waals surface area contributed by atoms with Crippen LogP contribution in [0, 0.1) is 23.4 Å². The first-order valence-electron chi connectivity index (χ1n) is 6.61. The van der Waals surface area contributed by atoms with Crippen LogP contribution in [0.2, 0.25) is 0 Å². The molecule has 3 N–H and O–H groups in total. The van der Waals surface area contributed by atoms with Gasteiger partial charge < -0.3 is 11.1 Å². The maximum atomic E-state index is 13.2. The third-order valence-electron chi connectivity index (χ3n) is 3.45. The normalized spacial score (nSPS) is 13.0. The van der Waals surface area contributed by atoms with Gasteiger partial charge >= 0.3 is 0 Å². The Labute approximate surface area is 112 Å². The SMILES string of the molecule is CCC(CC)CNC(CN)c1cc(F)c(F)c(F)c1. The average Bonchev–Trinajstić information content (AvgIpc) is 2.41. The second-order valence-corrected chi connectivity index (χ2v) is 4.68. The van der Waals surface area contributed by atoms with E-state index in [-0.39, 0.29) is 12.6 Å². The van der Waals surface area contributed by atoms with Gasteiger partial charge in [-0.2, -0.15) is 0 Å². The van der Waals surface area contributed by atoms with Crippen LogP contribution in [-0.2, 0) is 0 Å². The molecule has 0 saturated heterocycles. The van der Waals surface area contributed by atoms with Crippen molar-refractivity contribution in [1.29, 1.82) is 0 Å². The zero-order valence-electron chi connectivity index (χ0n) is 11.3. The highest BCUT2D eigenvalue weighted by Gasteiger charge is 2.17. The molecule has 0 heterocycles. The molecule has 0 spiro atoms. The number of hydrogen-bond donors (Lipinski definition) is 2. The van der Waals surface area contributed by atoms with Crippen molar-refractivity contribution in [2.75, 3.05) is 13.1 Å². The monoisotopic (exact) mass is 274 g/mol. The lowest BCUT2D eigenvalue weighted by molar-refractivity contribution is 0.407. The molecule has 0 amide bonds. The number of hydrogen-bond acceptors (Lipinski definition) is 2. The van der Waals surface area contributed by atoms with Crippen molar-refractivity contribution in [3.8, 4) is 0 Å². The van der Waals surface area contributed by atoms with Crippen LogP contribution in [-0.4, -0.2) is 13.1 Å². The second kappa shape index (κ2) is 7.50. The van der Waals surface area contributed by atoms with E-state index in [1.165, 1.54) is 0 Å². The maximum absolute atomic E-state index is 13.2. The summed E-state index contributed by atoms with van der Waals surface area (Å²) in [6, 6.07) is 1.62. The Balaban J connectivity index is 2.80. The molecule has 1 aromatic carbocycles. The van der Waals surface area contributed by atoms with Gasteiger partial charge in [0.1, 0.15) is 0 Å². The van der Waals surface area contributed by atoms with Gasteiger partial charge in [-0.25, -0.2) is 13.2 Å². The van der Waals surface area contributed by atoms with Gasteiger partial charge in [0, 0.05) is 12.6 Å². The van der Waals surface area contributed by atoms with Gasteiger partial charge in [-0.15, -0.1) is 0 Å². The summed E-state index contributed by atoms with van der Waals surface area (Å²) in [6.45, 7) is 5.09. The highest BCUT2D eigenvalue weighted by atomic mass is 19.2. The number of halogens is 3. The van der Waals surface area contributed by atoms with Crippen molar-refractivity contribution < 1.29 is 13.2 Å². The van der Waals surface area contributed by atoms with Gasteiger partial charge in [0.2, 0.25) is 0 Å². The molecular weight excluding hydrogens is 253 g/mol. The van der Waals surface area contributed by atoms with Crippen LogP contribution < -0.4 is 11.1 Å². The van der Waals surface area contributed by atoms with Crippen molar-refractivity contribution >= 4 is 0 Å². The van der Waals surface area contributed by atoms with Crippen LogP contribution >= 0.6 is 0 Å². The van der Waals surface area contributed by atoms with Crippen molar-refractivity contribution in [3.63, 3.8) is 0 Å². The molecule has 5 heteroatoms.